The zero-order valence-corrected chi connectivity index (χ0v) is 15.7. The first-order valence-electron chi connectivity index (χ1n) is 8.31. The van der Waals surface area contributed by atoms with Gasteiger partial charge in [0, 0.05) is 18.0 Å². The number of amides is 1. The molecule has 0 aliphatic rings. The minimum Gasteiger partial charge on any atom is -0.497 e. The summed E-state index contributed by atoms with van der Waals surface area (Å²) in [5.41, 5.74) is 2.14. The molecule has 2 aromatic carbocycles. The number of methoxy groups -OCH3 is 1. The second-order valence-corrected chi connectivity index (χ2v) is 6.56. The van der Waals surface area contributed by atoms with Crippen molar-refractivity contribution < 1.29 is 9.53 Å². The summed E-state index contributed by atoms with van der Waals surface area (Å²) in [6, 6.07) is 15.7. The third kappa shape index (κ3) is 5.76. The van der Waals surface area contributed by atoms with Gasteiger partial charge in [-0.15, -0.1) is 0 Å². The standard InChI is InChI=1S/C20H25ClN2O2/c1-23(2)19(16-8-11-17(25-3)12-9-16)14-22-20(24)13-10-15-6-4-5-7-18(15)21/h4-9,11-12,19H,10,13-14H2,1-3H3,(H,22,24)/t19-/m0/s1. The van der Waals surface area contributed by atoms with Crippen LogP contribution in [0, 0.1) is 0 Å². The summed E-state index contributed by atoms with van der Waals surface area (Å²) < 4.78 is 5.20. The van der Waals surface area contributed by atoms with Crippen LogP contribution in [0.25, 0.3) is 0 Å². The molecule has 0 radical (unpaired) electrons. The Kier molecular flexibility index (Phi) is 7.29. The van der Waals surface area contributed by atoms with Crippen LogP contribution in [-0.4, -0.2) is 38.6 Å². The summed E-state index contributed by atoms with van der Waals surface area (Å²) in [5, 5.41) is 3.73. The van der Waals surface area contributed by atoms with E-state index in [1.165, 1.54) is 0 Å². The van der Waals surface area contributed by atoms with Crippen LogP contribution in [-0.2, 0) is 11.2 Å². The van der Waals surface area contributed by atoms with Crippen molar-refractivity contribution in [1.29, 1.82) is 0 Å². The van der Waals surface area contributed by atoms with E-state index in [1.807, 2.05) is 62.6 Å². The smallest absolute Gasteiger partial charge is 0.220 e. The van der Waals surface area contributed by atoms with Crippen LogP contribution in [0.2, 0.25) is 5.02 Å². The molecule has 0 fully saturated rings. The van der Waals surface area contributed by atoms with Gasteiger partial charge in [0.25, 0.3) is 0 Å². The average molecular weight is 361 g/mol. The Bertz CT molecular complexity index is 686. The molecule has 2 aromatic rings. The van der Waals surface area contributed by atoms with E-state index in [-0.39, 0.29) is 11.9 Å². The first-order valence-corrected chi connectivity index (χ1v) is 8.69. The molecule has 2 rings (SSSR count). The lowest BCUT2D eigenvalue weighted by Gasteiger charge is -2.25. The molecule has 0 spiro atoms. The zero-order chi connectivity index (χ0) is 18.2. The Balaban J connectivity index is 1.89. The SMILES string of the molecule is COc1ccc([C@H](CNC(=O)CCc2ccccc2Cl)N(C)C)cc1. The van der Waals surface area contributed by atoms with Crippen LogP contribution >= 0.6 is 11.6 Å². The van der Waals surface area contributed by atoms with E-state index in [9.17, 15) is 4.79 Å². The number of nitrogens with zero attached hydrogens (tertiary/aromatic N) is 1. The minimum absolute atomic E-state index is 0.0280. The molecule has 1 N–H and O–H groups in total. The molecule has 0 saturated carbocycles. The van der Waals surface area contributed by atoms with Crippen molar-refractivity contribution in [3.8, 4) is 5.75 Å². The van der Waals surface area contributed by atoms with Gasteiger partial charge < -0.3 is 15.0 Å². The van der Waals surface area contributed by atoms with Gasteiger partial charge in [-0.2, -0.15) is 0 Å². The summed E-state index contributed by atoms with van der Waals surface area (Å²) in [6.45, 7) is 0.556. The highest BCUT2D eigenvalue weighted by Gasteiger charge is 2.15. The number of nitrogens with one attached hydrogen (secondary N) is 1. The van der Waals surface area contributed by atoms with Crippen LogP contribution in [0.15, 0.2) is 48.5 Å². The molecule has 1 atom stereocenters. The number of hydrogen-bond donors (Lipinski definition) is 1. The maximum absolute atomic E-state index is 12.2. The molecule has 4 nitrogen and oxygen atoms in total. The van der Waals surface area contributed by atoms with E-state index in [0.29, 0.717) is 24.4 Å². The fourth-order valence-corrected chi connectivity index (χ4v) is 2.90. The van der Waals surface area contributed by atoms with Crippen LogP contribution in [0.4, 0.5) is 0 Å². The Morgan fingerprint density at radius 2 is 1.84 bits per heavy atom. The number of aryl methyl sites for hydroxylation is 1. The number of carbonyl (C=O) groups is 1. The number of carbonyl (C=O) groups excluding carboxylic acids is 1. The molecule has 0 aromatic heterocycles. The van der Waals surface area contributed by atoms with E-state index < -0.39 is 0 Å². The van der Waals surface area contributed by atoms with Gasteiger partial charge in [-0.1, -0.05) is 41.9 Å². The van der Waals surface area contributed by atoms with Gasteiger partial charge in [0.15, 0.2) is 0 Å². The summed E-state index contributed by atoms with van der Waals surface area (Å²) >= 11 is 6.13. The predicted molar refractivity (Wildman–Crippen MR) is 102 cm³/mol. The quantitative estimate of drug-likeness (QED) is 0.780. The summed E-state index contributed by atoms with van der Waals surface area (Å²) in [6.07, 6.45) is 1.06. The third-order valence-corrected chi connectivity index (χ3v) is 4.56. The Morgan fingerprint density at radius 3 is 2.44 bits per heavy atom. The average Bonchev–Trinajstić information content (AvgIpc) is 2.61. The zero-order valence-electron chi connectivity index (χ0n) is 15.0. The number of benzene rings is 2. The molecule has 0 unspecified atom stereocenters. The van der Waals surface area contributed by atoms with E-state index >= 15 is 0 Å². The van der Waals surface area contributed by atoms with E-state index in [0.717, 1.165) is 16.9 Å². The fraction of sp³-hybridized carbons (Fsp3) is 0.350. The minimum atomic E-state index is 0.0280. The molecular weight excluding hydrogens is 336 g/mol. The van der Waals surface area contributed by atoms with Crippen LogP contribution < -0.4 is 10.1 Å². The van der Waals surface area contributed by atoms with Crippen molar-refractivity contribution in [2.45, 2.75) is 18.9 Å². The van der Waals surface area contributed by atoms with Crippen LogP contribution in [0.1, 0.15) is 23.6 Å². The van der Waals surface area contributed by atoms with Crippen molar-refractivity contribution in [3.63, 3.8) is 0 Å². The topological polar surface area (TPSA) is 41.6 Å². The molecule has 0 saturated heterocycles. The number of ether oxygens (including phenoxy) is 1. The maximum atomic E-state index is 12.2. The second kappa shape index (κ2) is 9.44. The van der Waals surface area contributed by atoms with Crippen molar-refractivity contribution in [2.24, 2.45) is 0 Å². The summed E-state index contributed by atoms with van der Waals surface area (Å²) in [4.78, 5) is 14.3. The summed E-state index contributed by atoms with van der Waals surface area (Å²) in [7, 11) is 5.66. The van der Waals surface area contributed by atoms with Crippen LogP contribution in [0.5, 0.6) is 5.75 Å². The number of likely N-dealkylation sites (N-methyl/N-ethyl adjacent to an activating group) is 1. The van der Waals surface area contributed by atoms with Gasteiger partial charge in [-0.3, -0.25) is 4.79 Å². The Morgan fingerprint density at radius 1 is 1.16 bits per heavy atom. The van der Waals surface area contributed by atoms with Crippen molar-refractivity contribution in [1.82, 2.24) is 10.2 Å². The van der Waals surface area contributed by atoms with E-state index in [2.05, 4.69) is 10.2 Å². The maximum Gasteiger partial charge on any atom is 0.220 e. The first-order chi connectivity index (χ1) is 12.0. The first kappa shape index (κ1) is 19.3. The van der Waals surface area contributed by atoms with Crippen molar-refractivity contribution >= 4 is 17.5 Å². The third-order valence-electron chi connectivity index (χ3n) is 4.20. The normalized spacial score (nSPS) is 12.0. The number of hydrogen-bond acceptors (Lipinski definition) is 3. The van der Waals surface area contributed by atoms with Crippen LogP contribution in [0.3, 0.4) is 0 Å². The molecule has 134 valence electrons. The highest BCUT2D eigenvalue weighted by atomic mass is 35.5. The molecular formula is C20H25ClN2O2. The van der Waals surface area contributed by atoms with Crippen molar-refractivity contribution in [3.05, 3.63) is 64.7 Å². The molecule has 0 bridgehead atoms. The predicted octanol–water partition coefficient (Wildman–Crippen LogP) is 3.70. The highest BCUT2D eigenvalue weighted by molar-refractivity contribution is 6.31. The summed E-state index contributed by atoms with van der Waals surface area (Å²) in [5.74, 6) is 0.852. The lowest BCUT2D eigenvalue weighted by atomic mass is 10.1. The molecule has 5 heteroatoms. The highest BCUT2D eigenvalue weighted by Crippen LogP contribution is 2.21. The molecule has 0 aliphatic carbocycles. The lowest BCUT2D eigenvalue weighted by Crippen LogP contribution is -2.34. The van der Waals surface area contributed by atoms with Gasteiger partial charge in [0.1, 0.15) is 5.75 Å². The Labute approximate surface area is 154 Å². The monoisotopic (exact) mass is 360 g/mol. The van der Waals surface area contributed by atoms with Gasteiger partial charge >= 0.3 is 0 Å². The second-order valence-electron chi connectivity index (χ2n) is 6.15. The van der Waals surface area contributed by atoms with Gasteiger partial charge in [0.05, 0.1) is 13.2 Å². The Hall–Kier alpha value is -2.04. The van der Waals surface area contributed by atoms with Gasteiger partial charge in [0.2, 0.25) is 5.91 Å². The largest absolute Gasteiger partial charge is 0.497 e. The van der Waals surface area contributed by atoms with Gasteiger partial charge in [-0.25, -0.2) is 0 Å². The van der Waals surface area contributed by atoms with E-state index in [4.69, 9.17) is 16.3 Å². The van der Waals surface area contributed by atoms with E-state index in [1.54, 1.807) is 7.11 Å². The molecule has 0 aliphatic heterocycles. The molecule has 1 amide bonds. The number of halogens is 1. The number of rotatable bonds is 8. The lowest BCUT2D eigenvalue weighted by molar-refractivity contribution is -0.121. The van der Waals surface area contributed by atoms with Gasteiger partial charge in [-0.05, 0) is 49.8 Å². The molecule has 25 heavy (non-hydrogen) atoms. The fourth-order valence-electron chi connectivity index (χ4n) is 2.67. The molecule has 0 heterocycles. The van der Waals surface area contributed by atoms with Crippen molar-refractivity contribution in [2.75, 3.05) is 27.7 Å².